The molecule has 6 heteroatoms. The summed E-state index contributed by atoms with van der Waals surface area (Å²) in [5.41, 5.74) is 4.62. The highest BCUT2D eigenvalue weighted by molar-refractivity contribution is 5.93. The maximum atomic E-state index is 5.61. The zero-order chi connectivity index (χ0) is 18.8. The van der Waals surface area contributed by atoms with E-state index in [0.717, 1.165) is 30.5 Å². The van der Waals surface area contributed by atoms with Crippen molar-refractivity contribution in [2.45, 2.75) is 50.5 Å². The number of rotatable bonds is 3. The van der Waals surface area contributed by atoms with E-state index in [2.05, 4.69) is 32.3 Å². The highest BCUT2D eigenvalue weighted by Crippen LogP contribution is 2.37. The van der Waals surface area contributed by atoms with Gasteiger partial charge in [0.2, 0.25) is 0 Å². The summed E-state index contributed by atoms with van der Waals surface area (Å²) in [6, 6.07) is 3.10. The molecule has 2 aliphatic rings. The fourth-order valence-electron chi connectivity index (χ4n) is 4.97. The van der Waals surface area contributed by atoms with Gasteiger partial charge in [-0.1, -0.05) is 0 Å². The molecule has 6 nitrogen and oxygen atoms in total. The molecule has 0 unspecified atom stereocenters. The van der Waals surface area contributed by atoms with Crippen LogP contribution >= 0.6 is 0 Å². The molecular weight excluding hydrogens is 350 g/mol. The first-order valence-electron chi connectivity index (χ1n) is 10.7. The third kappa shape index (κ3) is 3.59. The molecule has 1 aliphatic heterocycles. The van der Waals surface area contributed by atoms with Gasteiger partial charge in [0.05, 0.1) is 6.20 Å². The van der Waals surface area contributed by atoms with Crippen LogP contribution < -0.4 is 0 Å². The normalized spacial score (nSPS) is 24.9. The Kier molecular flexibility index (Phi) is 5.14. The Labute approximate surface area is 165 Å². The lowest BCUT2D eigenvalue weighted by Gasteiger charge is -2.38. The molecule has 0 bridgehead atoms. The monoisotopic (exact) mass is 379 g/mol. The van der Waals surface area contributed by atoms with E-state index in [1.807, 2.05) is 18.6 Å². The summed E-state index contributed by atoms with van der Waals surface area (Å²) in [5.74, 6) is 0.623. The van der Waals surface area contributed by atoms with Crippen molar-refractivity contribution in [1.82, 2.24) is 25.1 Å². The molecule has 1 saturated carbocycles. The molecule has 0 atom stereocenters. The van der Waals surface area contributed by atoms with Crippen LogP contribution in [0.25, 0.3) is 22.2 Å². The smallest absolute Gasteiger partial charge is 0.137 e. The van der Waals surface area contributed by atoms with Gasteiger partial charge in [-0.05, 0) is 56.1 Å². The molecule has 148 valence electrons. The predicted molar refractivity (Wildman–Crippen MR) is 110 cm³/mol. The number of ether oxygens (including phenoxy) is 1. The summed E-state index contributed by atoms with van der Waals surface area (Å²) in [7, 11) is 0. The van der Waals surface area contributed by atoms with Gasteiger partial charge < -0.3 is 14.6 Å². The number of nitrogens with one attached hydrogen (secondary N) is 2. The van der Waals surface area contributed by atoms with Crippen molar-refractivity contribution in [2.24, 2.45) is 0 Å². The average molecular weight is 380 g/mol. The van der Waals surface area contributed by atoms with E-state index in [9.17, 15) is 0 Å². The van der Waals surface area contributed by atoms with Crippen LogP contribution in [-0.2, 0) is 4.74 Å². The summed E-state index contributed by atoms with van der Waals surface area (Å²) < 4.78 is 5.61. The molecule has 3 aromatic heterocycles. The van der Waals surface area contributed by atoms with Crippen LogP contribution in [0.5, 0.6) is 0 Å². The van der Waals surface area contributed by atoms with Crippen molar-refractivity contribution in [3.63, 3.8) is 0 Å². The van der Waals surface area contributed by atoms with Crippen molar-refractivity contribution in [2.75, 3.05) is 26.3 Å². The Balaban J connectivity index is 1.29. The standard InChI is InChI=1S/C22H29N5O/c1-7-27(8-2-10-28-9-1)19-5-3-16(4-6-19)17-11-20-21(18-13-25-26-14-18)15-24-22(20)23-12-17/h11-16,19H,1-10H2,(H,23,24)(H,25,26). The number of fused-ring (bicyclic) bond motifs is 1. The fraction of sp³-hybridized carbons (Fsp3) is 0.545. The van der Waals surface area contributed by atoms with E-state index >= 15 is 0 Å². The molecule has 4 heterocycles. The van der Waals surface area contributed by atoms with Crippen LogP contribution in [-0.4, -0.2) is 57.4 Å². The Morgan fingerprint density at radius 1 is 1.00 bits per heavy atom. The summed E-state index contributed by atoms with van der Waals surface area (Å²) in [6.45, 7) is 4.24. The lowest BCUT2D eigenvalue weighted by Crippen LogP contribution is -2.40. The summed E-state index contributed by atoms with van der Waals surface area (Å²) in [6.07, 6.45) is 15.4. The number of aromatic nitrogens is 4. The predicted octanol–water partition coefficient (Wildman–Crippen LogP) is 4.09. The molecule has 2 fully saturated rings. The second-order valence-electron chi connectivity index (χ2n) is 8.22. The first kappa shape index (κ1) is 17.9. The molecule has 0 amide bonds. The molecule has 1 aliphatic carbocycles. The van der Waals surface area contributed by atoms with E-state index in [1.54, 1.807) is 0 Å². The van der Waals surface area contributed by atoms with Crippen molar-refractivity contribution in [1.29, 1.82) is 0 Å². The van der Waals surface area contributed by atoms with Gasteiger partial charge in [0.1, 0.15) is 5.65 Å². The number of hydrogen-bond acceptors (Lipinski definition) is 4. The van der Waals surface area contributed by atoms with Crippen molar-refractivity contribution >= 4 is 11.0 Å². The Bertz CT molecular complexity index is 887. The van der Waals surface area contributed by atoms with E-state index in [4.69, 9.17) is 9.72 Å². The molecule has 0 radical (unpaired) electrons. The second kappa shape index (κ2) is 8.05. The zero-order valence-corrected chi connectivity index (χ0v) is 16.4. The van der Waals surface area contributed by atoms with Gasteiger partial charge in [-0.15, -0.1) is 0 Å². The quantitative estimate of drug-likeness (QED) is 0.719. The van der Waals surface area contributed by atoms with E-state index in [1.165, 1.54) is 68.1 Å². The SMILES string of the molecule is c1n[nH]cc1-c1c[nH]c2ncc(C3CCC(N4CCCOCCC4)CC3)cc12. The van der Waals surface area contributed by atoms with Crippen LogP contribution in [0.3, 0.4) is 0 Å². The van der Waals surface area contributed by atoms with E-state index in [-0.39, 0.29) is 0 Å². The maximum absolute atomic E-state index is 5.61. The molecular formula is C22H29N5O. The van der Waals surface area contributed by atoms with Crippen LogP contribution in [0.1, 0.15) is 50.0 Å². The number of hydrogen-bond donors (Lipinski definition) is 2. The molecule has 5 rings (SSSR count). The van der Waals surface area contributed by atoms with E-state index in [0.29, 0.717) is 5.92 Å². The Morgan fingerprint density at radius 2 is 1.82 bits per heavy atom. The fourth-order valence-corrected chi connectivity index (χ4v) is 4.97. The van der Waals surface area contributed by atoms with Gasteiger partial charge in [-0.3, -0.25) is 5.10 Å². The second-order valence-corrected chi connectivity index (χ2v) is 8.22. The van der Waals surface area contributed by atoms with Crippen molar-refractivity contribution < 1.29 is 4.74 Å². The van der Waals surface area contributed by atoms with Gasteiger partial charge in [0.15, 0.2) is 0 Å². The summed E-state index contributed by atoms with van der Waals surface area (Å²) >= 11 is 0. The maximum Gasteiger partial charge on any atom is 0.137 e. The highest BCUT2D eigenvalue weighted by Gasteiger charge is 2.27. The molecule has 1 saturated heterocycles. The molecule has 3 aromatic rings. The molecule has 0 aromatic carbocycles. The molecule has 2 N–H and O–H groups in total. The number of nitrogens with zero attached hydrogens (tertiary/aromatic N) is 3. The van der Waals surface area contributed by atoms with Crippen LogP contribution in [0.15, 0.2) is 30.9 Å². The highest BCUT2D eigenvalue weighted by atomic mass is 16.5. The van der Waals surface area contributed by atoms with Crippen molar-refractivity contribution in [3.05, 3.63) is 36.4 Å². The minimum absolute atomic E-state index is 0.623. The molecule has 0 spiro atoms. The topological polar surface area (TPSA) is 69.8 Å². The van der Waals surface area contributed by atoms with Crippen molar-refractivity contribution in [3.8, 4) is 11.1 Å². The largest absolute Gasteiger partial charge is 0.381 e. The van der Waals surface area contributed by atoms with E-state index < -0.39 is 0 Å². The molecule has 28 heavy (non-hydrogen) atoms. The van der Waals surface area contributed by atoms with Gasteiger partial charge in [-0.2, -0.15) is 5.10 Å². The minimum atomic E-state index is 0.623. The number of H-pyrrole nitrogens is 2. The third-order valence-corrected chi connectivity index (χ3v) is 6.51. The first-order valence-corrected chi connectivity index (χ1v) is 10.7. The number of aromatic amines is 2. The third-order valence-electron chi connectivity index (χ3n) is 6.51. The van der Waals surface area contributed by atoms with Gasteiger partial charge in [0, 0.05) is 67.4 Å². The summed E-state index contributed by atoms with van der Waals surface area (Å²) in [4.78, 5) is 10.7. The van der Waals surface area contributed by atoms with Gasteiger partial charge in [-0.25, -0.2) is 4.98 Å². The minimum Gasteiger partial charge on any atom is -0.381 e. The van der Waals surface area contributed by atoms with Gasteiger partial charge in [0.25, 0.3) is 0 Å². The Morgan fingerprint density at radius 3 is 2.57 bits per heavy atom. The lowest BCUT2D eigenvalue weighted by molar-refractivity contribution is 0.0630. The van der Waals surface area contributed by atoms with Crippen LogP contribution in [0.4, 0.5) is 0 Å². The lowest BCUT2D eigenvalue weighted by atomic mass is 9.81. The average Bonchev–Trinajstić information content (AvgIpc) is 3.37. The number of pyridine rings is 1. The van der Waals surface area contributed by atoms with Crippen LogP contribution in [0.2, 0.25) is 0 Å². The van der Waals surface area contributed by atoms with Gasteiger partial charge >= 0.3 is 0 Å². The first-order chi connectivity index (χ1) is 13.9. The zero-order valence-electron chi connectivity index (χ0n) is 16.4. The Hall–Kier alpha value is -2.18. The summed E-state index contributed by atoms with van der Waals surface area (Å²) in [5, 5.41) is 8.20. The van der Waals surface area contributed by atoms with Crippen LogP contribution in [0, 0.1) is 0 Å².